The lowest BCUT2D eigenvalue weighted by Gasteiger charge is -2.28. The van der Waals surface area contributed by atoms with E-state index in [1.165, 1.54) is 96.3 Å². The quantitative estimate of drug-likeness (QED) is 0.0207. The van der Waals surface area contributed by atoms with Gasteiger partial charge in [-0.25, -0.2) is 0 Å². The summed E-state index contributed by atoms with van der Waals surface area (Å²) in [6.45, 7) is 4.19. The van der Waals surface area contributed by atoms with Gasteiger partial charge in [0.2, 0.25) is 0 Å². The van der Waals surface area contributed by atoms with E-state index >= 15 is 0 Å². The maximum Gasteiger partial charge on any atom is 0.306 e. The first-order valence-corrected chi connectivity index (χ1v) is 21.4. The van der Waals surface area contributed by atoms with Crippen LogP contribution >= 0.6 is 7.82 Å². The van der Waals surface area contributed by atoms with Crippen LogP contribution in [-0.4, -0.2) is 70.0 Å². The first-order valence-electron chi connectivity index (χ1n) is 19.9. The number of nitrogens with zero attached hydrogens (tertiary/aromatic N) is 1. The molecule has 0 aromatic heterocycles. The van der Waals surface area contributed by atoms with Crippen LogP contribution in [0.3, 0.4) is 0 Å². The molecule has 0 aromatic rings. The van der Waals surface area contributed by atoms with Gasteiger partial charge in [0.1, 0.15) is 19.8 Å². The Labute approximate surface area is 301 Å². The number of ether oxygens (including phenoxy) is 2. The molecule has 290 valence electrons. The number of phosphoric acid groups is 1. The van der Waals surface area contributed by atoms with Crippen molar-refractivity contribution in [1.82, 2.24) is 0 Å². The highest BCUT2D eigenvalue weighted by atomic mass is 31.2. The average Bonchev–Trinajstić information content (AvgIpc) is 3.04. The number of hydrogen-bond donors (Lipinski definition) is 0. The molecule has 0 aliphatic heterocycles. The number of carbonyl (C=O) groups is 2. The van der Waals surface area contributed by atoms with Crippen molar-refractivity contribution >= 4 is 19.8 Å². The van der Waals surface area contributed by atoms with Gasteiger partial charge in [-0.3, -0.25) is 14.2 Å². The molecule has 0 heterocycles. The minimum atomic E-state index is -4.61. The summed E-state index contributed by atoms with van der Waals surface area (Å²) in [5.74, 6) is -0.837. The van der Waals surface area contributed by atoms with Gasteiger partial charge in [0.25, 0.3) is 7.82 Å². The highest BCUT2D eigenvalue weighted by Crippen LogP contribution is 2.38. The fourth-order valence-corrected chi connectivity index (χ4v) is 6.08. The van der Waals surface area contributed by atoms with Gasteiger partial charge in [-0.15, -0.1) is 0 Å². The molecule has 2 atom stereocenters. The van der Waals surface area contributed by atoms with Gasteiger partial charge in [0, 0.05) is 12.8 Å². The van der Waals surface area contributed by atoms with E-state index in [9.17, 15) is 19.0 Å². The van der Waals surface area contributed by atoms with E-state index < -0.39 is 26.5 Å². The van der Waals surface area contributed by atoms with Crippen molar-refractivity contribution in [2.45, 2.75) is 180 Å². The zero-order chi connectivity index (χ0) is 36.5. The number of quaternary nitrogens is 1. The van der Waals surface area contributed by atoms with Crippen LogP contribution in [0.1, 0.15) is 174 Å². The van der Waals surface area contributed by atoms with Crippen LogP contribution in [0, 0.1) is 0 Å². The molecule has 10 heteroatoms. The van der Waals surface area contributed by atoms with Crippen molar-refractivity contribution in [1.29, 1.82) is 0 Å². The van der Waals surface area contributed by atoms with Crippen molar-refractivity contribution in [3.8, 4) is 0 Å². The Balaban J connectivity index is 4.40. The molecule has 0 bridgehead atoms. The Morgan fingerprint density at radius 2 is 1.04 bits per heavy atom. The summed E-state index contributed by atoms with van der Waals surface area (Å²) in [5.41, 5.74) is 0. The minimum Gasteiger partial charge on any atom is -0.756 e. The largest absolute Gasteiger partial charge is 0.756 e. The van der Waals surface area contributed by atoms with E-state index in [-0.39, 0.29) is 32.0 Å². The van der Waals surface area contributed by atoms with Crippen LogP contribution in [0.2, 0.25) is 0 Å². The lowest BCUT2D eigenvalue weighted by atomic mass is 10.1. The number of likely N-dealkylation sites (N-methyl/N-ethyl adjacent to an activating group) is 1. The highest BCUT2D eigenvalue weighted by molar-refractivity contribution is 7.45. The molecular formula is C39H76NO8P. The topological polar surface area (TPSA) is 111 Å². The molecule has 1 unspecified atom stereocenters. The summed E-state index contributed by atoms with van der Waals surface area (Å²) in [7, 11) is 1.17. The third-order valence-electron chi connectivity index (χ3n) is 8.54. The molecule has 0 N–H and O–H groups in total. The zero-order valence-corrected chi connectivity index (χ0v) is 33.3. The molecule has 49 heavy (non-hydrogen) atoms. The molecule has 0 rings (SSSR count). The summed E-state index contributed by atoms with van der Waals surface area (Å²) >= 11 is 0. The number of allylic oxidation sites excluding steroid dienone is 2. The van der Waals surface area contributed by atoms with E-state index in [1.54, 1.807) is 0 Å². The minimum absolute atomic E-state index is 0.0290. The van der Waals surface area contributed by atoms with Gasteiger partial charge in [-0.05, 0) is 38.5 Å². The third-order valence-corrected chi connectivity index (χ3v) is 9.50. The third kappa shape index (κ3) is 36.3. The second-order valence-electron chi connectivity index (χ2n) is 14.7. The fraction of sp³-hybridized carbons (Fsp3) is 0.897. The second-order valence-corrected chi connectivity index (χ2v) is 16.1. The van der Waals surface area contributed by atoms with Gasteiger partial charge < -0.3 is 27.9 Å². The Bertz CT molecular complexity index is 860. The Morgan fingerprint density at radius 1 is 0.612 bits per heavy atom. The molecule has 0 aromatic carbocycles. The normalized spacial score (nSPS) is 13.8. The smallest absolute Gasteiger partial charge is 0.306 e. The van der Waals surface area contributed by atoms with Crippen molar-refractivity contribution in [2.75, 3.05) is 47.5 Å². The predicted octanol–water partition coefficient (Wildman–Crippen LogP) is 10.00. The lowest BCUT2D eigenvalue weighted by Crippen LogP contribution is -2.37. The van der Waals surface area contributed by atoms with Crippen LogP contribution in [-0.2, 0) is 32.7 Å². The van der Waals surface area contributed by atoms with Crippen molar-refractivity contribution in [3.63, 3.8) is 0 Å². The molecule has 0 fully saturated rings. The van der Waals surface area contributed by atoms with E-state index in [4.69, 9.17) is 18.5 Å². The van der Waals surface area contributed by atoms with Crippen LogP contribution in [0.15, 0.2) is 12.2 Å². The van der Waals surface area contributed by atoms with Gasteiger partial charge in [0.15, 0.2) is 6.10 Å². The highest BCUT2D eigenvalue weighted by Gasteiger charge is 2.21. The van der Waals surface area contributed by atoms with Gasteiger partial charge in [-0.1, -0.05) is 135 Å². The number of esters is 2. The Kier molecular flexibility index (Phi) is 31.8. The molecule has 0 spiro atoms. The standard InChI is InChI=1S/C39H76NO8P/c1-6-8-10-12-14-16-18-19-20-21-22-24-26-28-30-32-39(42)48-37(36-47-49(43,44)46-34-33-40(3,4)5)35-45-38(41)31-29-27-25-23-17-15-13-11-9-7-2/h16,18,37H,6-15,17,19-36H2,1-5H3/b18-16+/t37-/m1/s1. The summed E-state index contributed by atoms with van der Waals surface area (Å²) < 4.78 is 33.7. The zero-order valence-electron chi connectivity index (χ0n) is 32.4. The summed E-state index contributed by atoms with van der Waals surface area (Å²) in [4.78, 5) is 37.3. The molecule has 0 amide bonds. The number of phosphoric ester groups is 1. The second kappa shape index (κ2) is 32.6. The monoisotopic (exact) mass is 718 g/mol. The summed E-state index contributed by atoms with van der Waals surface area (Å²) in [6.07, 6.45) is 30.9. The average molecular weight is 718 g/mol. The summed E-state index contributed by atoms with van der Waals surface area (Å²) in [6, 6.07) is 0. The van der Waals surface area contributed by atoms with Crippen molar-refractivity contribution in [3.05, 3.63) is 12.2 Å². The van der Waals surface area contributed by atoms with Gasteiger partial charge in [0.05, 0.1) is 27.7 Å². The number of rotatable bonds is 36. The predicted molar refractivity (Wildman–Crippen MR) is 199 cm³/mol. The van der Waals surface area contributed by atoms with Gasteiger partial charge >= 0.3 is 11.9 Å². The van der Waals surface area contributed by atoms with Crippen LogP contribution in [0.4, 0.5) is 0 Å². The van der Waals surface area contributed by atoms with Crippen LogP contribution in [0.5, 0.6) is 0 Å². The van der Waals surface area contributed by atoms with Crippen molar-refractivity contribution < 1.29 is 42.1 Å². The Morgan fingerprint density at radius 3 is 1.53 bits per heavy atom. The molecule has 0 saturated heterocycles. The summed E-state index contributed by atoms with van der Waals surface area (Å²) in [5, 5.41) is 0. The number of hydrogen-bond acceptors (Lipinski definition) is 8. The lowest BCUT2D eigenvalue weighted by molar-refractivity contribution is -0.870. The first-order chi connectivity index (χ1) is 23.5. The van der Waals surface area contributed by atoms with Gasteiger partial charge in [-0.2, -0.15) is 0 Å². The molecule has 0 aliphatic carbocycles. The fourth-order valence-electron chi connectivity index (χ4n) is 5.35. The van der Waals surface area contributed by atoms with E-state index in [0.29, 0.717) is 17.4 Å². The van der Waals surface area contributed by atoms with Crippen LogP contribution in [0.25, 0.3) is 0 Å². The molecule has 9 nitrogen and oxygen atoms in total. The molecular weight excluding hydrogens is 641 g/mol. The molecule has 0 radical (unpaired) electrons. The maximum absolute atomic E-state index is 12.6. The molecule has 0 saturated carbocycles. The van der Waals surface area contributed by atoms with E-state index in [0.717, 1.165) is 44.9 Å². The SMILES string of the molecule is CCCCCC/C=C/CCCCCCCCCC(=O)O[C@H](COC(=O)CCCCCCCCCCCC)COP(=O)([O-])OCC[N+](C)(C)C. The number of unbranched alkanes of at least 4 members (excludes halogenated alkanes) is 20. The van der Waals surface area contributed by atoms with Crippen LogP contribution < -0.4 is 4.89 Å². The van der Waals surface area contributed by atoms with Crippen molar-refractivity contribution in [2.24, 2.45) is 0 Å². The number of carbonyl (C=O) groups excluding carboxylic acids is 2. The first kappa shape index (κ1) is 47.8. The molecule has 0 aliphatic rings. The van der Waals surface area contributed by atoms with E-state index in [2.05, 4.69) is 26.0 Å². The Hall–Kier alpha value is -1.25. The maximum atomic E-state index is 12.6. The van der Waals surface area contributed by atoms with E-state index in [1.807, 2.05) is 21.1 Å².